The van der Waals surface area contributed by atoms with E-state index < -0.39 is 5.60 Å². The van der Waals surface area contributed by atoms with Gasteiger partial charge in [0.1, 0.15) is 5.60 Å². The van der Waals surface area contributed by atoms with Gasteiger partial charge in [0.25, 0.3) is 0 Å². The standard InChI is InChI=1S/C15H21NO2/c1-15(2,3)18-14(17)12-8-6-11(7-9-12)13-5-4-10-16-13/h6-9,13,16H,4-5,10H2,1-3H3. The first-order chi connectivity index (χ1) is 8.46. The van der Waals surface area contributed by atoms with E-state index in [4.69, 9.17) is 4.74 Å². The molecule has 2 rings (SSSR count). The molecule has 1 aromatic rings. The van der Waals surface area contributed by atoms with E-state index in [1.165, 1.54) is 18.4 Å². The number of nitrogens with one attached hydrogen (secondary N) is 1. The summed E-state index contributed by atoms with van der Waals surface area (Å²) in [6.45, 7) is 6.71. The topological polar surface area (TPSA) is 38.3 Å². The van der Waals surface area contributed by atoms with Gasteiger partial charge in [-0.1, -0.05) is 12.1 Å². The predicted octanol–water partition coefficient (Wildman–Crippen LogP) is 3.07. The molecule has 18 heavy (non-hydrogen) atoms. The van der Waals surface area contributed by atoms with Crippen molar-refractivity contribution in [2.45, 2.75) is 45.3 Å². The van der Waals surface area contributed by atoms with Crippen LogP contribution in [0, 0.1) is 0 Å². The molecule has 0 saturated carbocycles. The Hall–Kier alpha value is -1.35. The van der Waals surface area contributed by atoms with E-state index >= 15 is 0 Å². The molecule has 1 unspecified atom stereocenters. The summed E-state index contributed by atoms with van der Waals surface area (Å²) < 4.78 is 5.33. The van der Waals surface area contributed by atoms with Crippen LogP contribution in [0.15, 0.2) is 24.3 Å². The number of hydrogen-bond donors (Lipinski definition) is 1. The van der Waals surface area contributed by atoms with E-state index in [0.29, 0.717) is 11.6 Å². The highest BCUT2D eigenvalue weighted by Gasteiger charge is 2.19. The molecule has 1 heterocycles. The SMILES string of the molecule is CC(C)(C)OC(=O)c1ccc(C2CCCN2)cc1. The minimum absolute atomic E-state index is 0.256. The molecule has 3 heteroatoms. The van der Waals surface area contributed by atoms with Crippen molar-refractivity contribution < 1.29 is 9.53 Å². The maximum atomic E-state index is 11.9. The van der Waals surface area contributed by atoms with Crippen molar-refractivity contribution in [2.75, 3.05) is 6.54 Å². The van der Waals surface area contributed by atoms with Gasteiger partial charge in [-0.3, -0.25) is 0 Å². The molecule has 98 valence electrons. The van der Waals surface area contributed by atoms with Crippen LogP contribution in [0.2, 0.25) is 0 Å². The van der Waals surface area contributed by atoms with Crippen LogP contribution in [-0.2, 0) is 4.74 Å². The fourth-order valence-corrected chi connectivity index (χ4v) is 2.16. The Labute approximate surface area is 109 Å². The zero-order valence-electron chi connectivity index (χ0n) is 11.3. The molecule has 1 N–H and O–H groups in total. The second-order valence-corrected chi connectivity index (χ2v) is 5.77. The number of rotatable bonds is 2. The van der Waals surface area contributed by atoms with Crippen molar-refractivity contribution in [3.8, 4) is 0 Å². The van der Waals surface area contributed by atoms with E-state index in [2.05, 4.69) is 5.32 Å². The van der Waals surface area contributed by atoms with Gasteiger partial charge in [-0.25, -0.2) is 4.79 Å². The molecule has 0 bridgehead atoms. The van der Waals surface area contributed by atoms with Crippen molar-refractivity contribution in [1.29, 1.82) is 0 Å². The van der Waals surface area contributed by atoms with Crippen molar-refractivity contribution in [1.82, 2.24) is 5.32 Å². The Morgan fingerprint density at radius 2 is 1.94 bits per heavy atom. The third kappa shape index (κ3) is 3.33. The van der Waals surface area contributed by atoms with Crippen LogP contribution in [0.5, 0.6) is 0 Å². The Morgan fingerprint density at radius 3 is 2.44 bits per heavy atom. The van der Waals surface area contributed by atoms with Gasteiger partial charge < -0.3 is 10.1 Å². The Kier molecular flexibility index (Phi) is 3.71. The molecule has 1 aliphatic rings. The lowest BCUT2D eigenvalue weighted by atomic mass is 10.0. The van der Waals surface area contributed by atoms with Crippen LogP contribution in [0.25, 0.3) is 0 Å². The summed E-state index contributed by atoms with van der Waals surface area (Å²) in [6, 6.07) is 8.18. The molecular weight excluding hydrogens is 226 g/mol. The van der Waals surface area contributed by atoms with Gasteiger partial charge in [-0.05, 0) is 57.9 Å². The molecular formula is C15H21NO2. The predicted molar refractivity (Wildman–Crippen MR) is 71.6 cm³/mol. The summed E-state index contributed by atoms with van der Waals surface area (Å²) in [4.78, 5) is 11.9. The van der Waals surface area contributed by atoms with E-state index in [0.717, 1.165) is 6.54 Å². The molecule has 3 nitrogen and oxygen atoms in total. The normalized spacial score (nSPS) is 19.8. The highest BCUT2D eigenvalue weighted by Crippen LogP contribution is 2.23. The van der Waals surface area contributed by atoms with E-state index in [1.807, 2.05) is 45.0 Å². The number of carbonyl (C=O) groups is 1. The van der Waals surface area contributed by atoms with Gasteiger partial charge in [-0.2, -0.15) is 0 Å². The highest BCUT2D eigenvalue weighted by atomic mass is 16.6. The molecule has 0 radical (unpaired) electrons. The maximum Gasteiger partial charge on any atom is 0.338 e. The smallest absolute Gasteiger partial charge is 0.338 e. The second-order valence-electron chi connectivity index (χ2n) is 5.77. The van der Waals surface area contributed by atoms with Crippen LogP contribution in [0.1, 0.15) is 55.6 Å². The van der Waals surface area contributed by atoms with E-state index in [1.54, 1.807) is 0 Å². The largest absolute Gasteiger partial charge is 0.456 e. The summed E-state index contributed by atoms with van der Waals surface area (Å²) in [7, 11) is 0. The van der Waals surface area contributed by atoms with Gasteiger partial charge in [0, 0.05) is 6.04 Å². The monoisotopic (exact) mass is 247 g/mol. The van der Waals surface area contributed by atoms with Gasteiger partial charge in [0.15, 0.2) is 0 Å². The van der Waals surface area contributed by atoms with Crippen LogP contribution in [-0.4, -0.2) is 18.1 Å². The lowest BCUT2D eigenvalue weighted by molar-refractivity contribution is 0.00695. The number of benzene rings is 1. The average Bonchev–Trinajstić information content (AvgIpc) is 2.80. The summed E-state index contributed by atoms with van der Waals surface area (Å²) >= 11 is 0. The lowest BCUT2D eigenvalue weighted by Gasteiger charge is -2.19. The molecule has 0 spiro atoms. The molecule has 0 aromatic heterocycles. The van der Waals surface area contributed by atoms with Gasteiger partial charge in [0.2, 0.25) is 0 Å². The molecule has 0 amide bonds. The second kappa shape index (κ2) is 5.11. The minimum Gasteiger partial charge on any atom is -0.456 e. The van der Waals surface area contributed by atoms with Gasteiger partial charge >= 0.3 is 5.97 Å². The average molecular weight is 247 g/mol. The molecule has 1 aliphatic heterocycles. The van der Waals surface area contributed by atoms with Crippen LogP contribution < -0.4 is 5.32 Å². The molecule has 1 aromatic carbocycles. The van der Waals surface area contributed by atoms with Crippen LogP contribution in [0.4, 0.5) is 0 Å². The minimum atomic E-state index is -0.442. The van der Waals surface area contributed by atoms with Crippen molar-refractivity contribution in [3.63, 3.8) is 0 Å². The third-order valence-electron chi connectivity index (χ3n) is 3.01. The first-order valence-corrected chi connectivity index (χ1v) is 6.52. The Balaban J connectivity index is 2.05. The Bertz CT molecular complexity index is 411. The molecule has 1 saturated heterocycles. The fraction of sp³-hybridized carbons (Fsp3) is 0.533. The maximum absolute atomic E-state index is 11.9. The zero-order chi connectivity index (χ0) is 13.2. The third-order valence-corrected chi connectivity index (χ3v) is 3.01. The number of hydrogen-bond acceptors (Lipinski definition) is 3. The van der Waals surface area contributed by atoms with Crippen molar-refractivity contribution in [3.05, 3.63) is 35.4 Å². The van der Waals surface area contributed by atoms with E-state index in [9.17, 15) is 4.79 Å². The number of ether oxygens (including phenoxy) is 1. The first kappa shape index (κ1) is 13.1. The zero-order valence-corrected chi connectivity index (χ0v) is 11.3. The quantitative estimate of drug-likeness (QED) is 0.816. The fourth-order valence-electron chi connectivity index (χ4n) is 2.16. The molecule has 0 aliphatic carbocycles. The molecule has 1 fully saturated rings. The summed E-state index contributed by atoms with van der Waals surface area (Å²) in [5.74, 6) is -0.256. The van der Waals surface area contributed by atoms with Crippen molar-refractivity contribution >= 4 is 5.97 Å². The highest BCUT2D eigenvalue weighted by molar-refractivity contribution is 5.89. The summed E-state index contributed by atoms with van der Waals surface area (Å²) in [6.07, 6.45) is 2.39. The molecule has 1 atom stereocenters. The van der Waals surface area contributed by atoms with E-state index in [-0.39, 0.29) is 5.97 Å². The first-order valence-electron chi connectivity index (χ1n) is 6.52. The van der Waals surface area contributed by atoms with Crippen molar-refractivity contribution in [2.24, 2.45) is 0 Å². The summed E-state index contributed by atoms with van der Waals surface area (Å²) in [5, 5.41) is 3.44. The Morgan fingerprint density at radius 1 is 1.28 bits per heavy atom. The van der Waals surface area contributed by atoms with Gasteiger partial charge in [-0.15, -0.1) is 0 Å². The number of esters is 1. The van der Waals surface area contributed by atoms with Gasteiger partial charge in [0.05, 0.1) is 5.56 Å². The summed E-state index contributed by atoms with van der Waals surface area (Å²) in [5.41, 5.74) is 1.43. The van der Waals surface area contributed by atoms with Crippen LogP contribution >= 0.6 is 0 Å². The number of carbonyl (C=O) groups excluding carboxylic acids is 1. The van der Waals surface area contributed by atoms with Crippen LogP contribution in [0.3, 0.4) is 0 Å². The lowest BCUT2D eigenvalue weighted by Crippen LogP contribution is -2.23.